The average Bonchev–Trinajstić information content (AvgIpc) is 3.26. The summed E-state index contributed by atoms with van der Waals surface area (Å²) in [4.78, 5) is 10.9. The van der Waals surface area contributed by atoms with Gasteiger partial charge in [0.25, 0.3) is 0 Å². The van der Waals surface area contributed by atoms with Gasteiger partial charge in [-0.15, -0.1) is 11.3 Å². The van der Waals surface area contributed by atoms with Crippen molar-refractivity contribution in [2.45, 2.75) is 10.4 Å². The lowest BCUT2D eigenvalue weighted by Crippen LogP contribution is -2.11. The third kappa shape index (κ3) is 6.25. The van der Waals surface area contributed by atoms with E-state index in [1.807, 2.05) is 18.2 Å². The third-order valence-corrected chi connectivity index (χ3v) is 7.66. The standard InChI is InChI=1S/C21H18F3N2O5PS2/c1-29-17-5-3-4-15(20(17)30-2)18-8-9-19(33-18)34-26-12-32(27,28)31-14-7-6-13(11-25)16(10-14)21(22,23)24/h3-10,26H,12H2,1-2H3,(H,27,28). The van der Waals surface area contributed by atoms with Gasteiger partial charge < -0.3 is 18.9 Å². The Morgan fingerprint density at radius 2 is 1.94 bits per heavy atom. The van der Waals surface area contributed by atoms with E-state index in [0.29, 0.717) is 17.6 Å². The Bertz CT molecular complexity index is 1260. The van der Waals surface area contributed by atoms with E-state index in [2.05, 4.69) is 4.72 Å². The molecule has 0 radical (unpaired) electrons. The van der Waals surface area contributed by atoms with Gasteiger partial charge in [0.2, 0.25) is 0 Å². The van der Waals surface area contributed by atoms with Gasteiger partial charge in [-0.1, -0.05) is 6.07 Å². The van der Waals surface area contributed by atoms with Crippen LogP contribution in [-0.2, 0) is 10.7 Å². The smallest absolute Gasteiger partial charge is 0.417 e. The summed E-state index contributed by atoms with van der Waals surface area (Å²) >= 11 is 2.47. The largest absolute Gasteiger partial charge is 0.493 e. The maximum Gasteiger partial charge on any atom is 0.417 e. The van der Waals surface area contributed by atoms with Crippen molar-refractivity contribution in [2.75, 3.05) is 20.5 Å². The predicted molar refractivity (Wildman–Crippen MR) is 123 cm³/mol. The van der Waals surface area contributed by atoms with E-state index in [9.17, 15) is 22.6 Å². The van der Waals surface area contributed by atoms with Crippen LogP contribution >= 0.6 is 30.9 Å². The maximum atomic E-state index is 13.1. The molecule has 0 spiro atoms. The first-order valence-corrected chi connectivity index (χ1v) is 12.8. The summed E-state index contributed by atoms with van der Waals surface area (Å²) in [6.07, 6.45) is -5.34. The molecule has 0 saturated carbocycles. The molecule has 34 heavy (non-hydrogen) atoms. The molecule has 3 rings (SSSR count). The predicted octanol–water partition coefficient (Wildman–Crippen LogP) is 6.14. The molecule has 0 aliphatic carbocycles. The third-order valence-electron chi connectivity index (χ3n) is 4.35. The molecule has 7 nitrogen and oxygen atoms in total. The molecule has 1 heterocycles. The highest BCUT2D eigenvalue weighted by atomic mass is 32.2. The van der Waals surface area contributed by atoms with Gasteiger partial charge in [-0.3, -0.25) is 0 Å². The average molecular weight is 530 g/mol. The van der Waals surface area contributed by atoms with Crippen LogP contribution in [-0.4, -0.2) is 25.4 Å². The molecule has 0 aliphatic heterocycles. The fourth-order valence-corrected chi connectivity index (χ4v) is 5.96. The maximum absolute atomic E-state index is 13.1. The fourth-order valence-electron chi connectivity index (χ4n) is 2.90. The molecule has 180 valence electrons. The number of nitriles is 1. The summed E-state index contributed by atoms with van der Waals surface area (Å²) in [6, 6.07) is 13.0. The number of rotatable bonds is 9. The minimum Gasteiger partial charge on any atom is -0.493 e. The summed E-state index contributed by atoms with van der Waals surface area (Å²) < 4.78 is 70.7. The Morgan fingerprint density at radius 3 is 2.59 bits per heavy atom. The Morgan fingerprint density at radius 1 is 1.18 bits per heavy atom. The number of nitrogens with one attached hydrogen (secondary N) is 1. The normalized spacial score (nSPS) is 13.1. The highest BCUT2D eigenvalue weighted by Gasteiger charge is 2.34. The lowest BCUT2D eigenvalue weighted by atomic mass is 10.1. The van der Waals surface area contributed by atoms with Crippen LogP contribution in [0.4, 0.5) is 13.2 Å². The lowest BCUT2D eigenvalue weighted by molar-refractivity contribution is -0.137. The van der Waals surface area contributed by atoms with Crippen molar-refractivity contribution in [3.63, 3.8) is 0 Å². The minimum absolute atomic E-state index is 0.465. The first-order valence-electron chi connectivity index (χ1n) is 9.41. The number of thiophene rings is 1. The molecule has 2 N–H and O–H groups in total. The molecule has 0 fully saturated rings. The van der Waals surface area contributed by atoms with Gasteiger partial charge in [0.05, 0.1) is 35.6 Å². The zero-order valence-corrected chi connectivity index (χ0v) is 20.3. The van der Waals surface area contributed by atoms with Crippen molar-refractivity contribution in [3.05, 3.63) is 59.7 Å². The molecular weight excluding hydrogens is 512 g/mol. The zero-order valence-electron chi connectivity index (χ0n) is 17.8. The molecule has 3 aromatic rings. The number of para-hydroxylation sites is 1. The second-order valence-corrected chi connectivity index (χ2v) is 10.7. The quantitative estimate of drug-likeness (QED) is 0.251. The molecule has 0 bridgehead atoms. The van der Waals surface area contributed by atoms with Gasteiger partial charge >= 0.3 is 13.8 Å². The molecule has 1 atom stereocenters. The molecular formula is C21H18F3N2O5PS2. The van der Waals surface area contributed by atoms with Crippen LogP contribution in [0.5, 0.6) is 17.2 Å². The number of halogens is 3. The van der Waals surface area contributed by atoms with Gasteiger partial charge in [0.15, 0.2) is 11.5 Å². The van der Waals surface area contributed by atoms with Crippen LogP contribution in [0.3, 0.4) is 0 Å². The Balaban J connectivity index is 1.65. The van der Waals surface area contributed by atoms with Crippen LogP contribution in [0.2, 0.25) is 0 Å². The van der Waals surface area contributed by atoms with E-state index in [-0.39, 0.29) is 0 Å². The second-order valence-electron chi connectivity index (χ2n) is 6.61. The van der Waals surface area contributed by atoms with Crippen molar-refractivity contribution >= 4 is 30.9 Å². The van der Waals surface area contributed by atoms with Gasteiger partial charge in [-0.2, -0.15) is 18.4 Å². The van der Waals surface area contributed by atoms with Gasteiger partial charge in [-0.25, -0.2) is 9.29 Å². The van der Waals surface area contributed by atoms with E-state index in [1.165, 1.54) is 31.6 Å². The number of nitrogens with zero attached hydrogens (tertiary/aromatic N) is 1. The van der Waals surface area contributed by atoms with Crippen molar-refractivity contribution in [1.82, 2.24) is 4.72 Å². The number of alkyl halides is 3. The lowest BCUT2D eigenvalue weighted by Gasteiger charge is -2.15. The SMILES string of the molecule is COc1cccc(-c2ccc(SNCP(=O)(O)Oc3ccc(C#N)c(C(F)(F)F)c3)s2)c1OC. The highest BCUT2D eigenvalue weighted by molar-refractivity contribution is 7.99. The Hall–Kier alpha value is -2.68. The second kappa shape index (κ2) is 10.7. The number of hydrogen-bond donors (Lipinski definition) is 2. The zero-order chi connectivity index (χ0) is 24.9. The molecule has 1 unspecified atom stereocenters. The molecule has 13 heteroatoms. The van der Waals surface area contributed by atoms with E-state index in [4.69, 9.17) is 19.3 Å². The monoisotopic (exact) mass is 530 g/mol. The van der Waals surface area contributed by atoms with Gasteiger partial charge in [0, 0.05) is 10.4 Å². The van der Waals surface area contributed by atoms with Crippen molar-refractivity contribution in [2.24, 2.45) is 0 Å². The van der Waals surface area contributed by atoms with Crippen LogP contribution in [0.15, 0.2) is 52.7 Å². The van der Waals surface area contributed by atoms with Crippen LogP contribution in [0.25, 0.3) is 10.4 Å². The van der Waals surface area contributed by atoms with E-state index >= 15 is 0 Å². The van der Waals surface area contributed by atoms with Crippen molar-refractivity contribution < 1.29 is 36.6 Å². The summed E-state index contributed by atoms with van der Waals surface area (Å²) in [6.45, 7) is 0. The number of ether oxygens (including phenoxy) is 2. The summed E-state index contributed by atoms with van der Waals surface area (Å²) in [5, 5.41) is 8.84. The molecule has 1 aromatic heterocycles. The molecule has 0 amide bonds. The Kier molecular flexibility index (Phi) is 8.17. The summed E-state index contributed by atoms with van der Waals surface area (Å²) in [5.41, 5.74) is -1.03. The van der Waals surface area contributed by atoms with Crippen molar-refractivity contribution in [3.8, 4) is 33.8 Å². The van der Waals surface area contributed by atoms with E-state index in [0.717, 1.165) is 38.7 Å². The van der Waals surface area contributed by atoms with Crippen LogP contribution < -0.4 is 18.7 Å². The van der Waals surface area contributed by atoms with Crippen molar-refractivity contribution in [1.29, 1.82) is 5.26 Å². The van der Waals surface area contributed by atoms with Gasteiger partial charge in [0.1, 0.15) is 12.0 Å². The van der Waals surface area contributed by atoms with E-state index in [1.54, 1.807) is 12.1 Å². The topological polar surface area (TPSA) is 101 Å². The summed E-state index contributed by atoms with van der Waals surface area (Å²) in [7, 11) is -1.26. The Labute approximate surface area is 201 Å². The van der Waals surface area contributed by atoms with Crippen LogP contribution in [0.1, 0.15) is 11.1 Å². The molecule has 0 saturated heterocycles. The number of methoxy groups -OCH3 is 2. The number of hydrogen-bond acceptors (Lipinski definition) is 8. The highest BCUT2D eigenvalue weighted by Crippen LogP contribution is 2.45. The molecule has 0 aliphatic rings. The van der Waals surface area contributed by atoms with Crippen LogP contribution in [0, 0.1) is 11.3 Å². The van der Waals surface area contributed by atoms with E-state index < -0.39 is 36.9 Å². The number of benzene rings is 2. The first kappa shape index (κ1) is 25.9. The fraction of sp³-hybridized carbons (Fsp3) is 0.190. The van der Waals surface area contributed by atoms with Gasteiger partial charge in [-0.05, 0) is 54.4 Å². The summed E-state index contributed by atoms with van der Waals surface area (Å²) in [5.74, 6) is 0.688. The first-order chi connectivity index (χ1) is 16.1. The minimum atomic E-state index is -4.81. The molecule has 2 aromatic carbocycles.